The second-order valence-corrected chi connectivity index (χ2v) is 3.95. The van der Waals surface area contributed by atoms with Crippen molar-refractivity contribution in [2.24, 2.45) is 0 Å². The van der Waals surface area contributed by atoms with E-state index in [-0.39, 0.29) is 0 Å². The van der Waals surface area contributed by atoms with Crippen molar-refractivity contribution in [3.63, 3.8) is 0 Å². The summed E-state index contributed by atoms with van der Waals surface area (Å²) >= 11 is 0. The zero-order chi connectivity index (χ0) is 10.4. The van der Waals surface area contributed by atoms with Crippen LogP contribution in [0.15, 0.2) is 24.4 Å². The zero-order valence-electron chi connectivity index (χ0n) is 8.49. The summed E-state index contributed by atoms with van der Waals surface area (Å²) in [4.78, 5) is 5.38. The average molecular weight is 200 g/mol. The molecule has 0 atom stereocenters. The Morgan fingerprint density at radius 3 is 3.13 bits per heavy atom. The number of nitrogens with zero attached hydrogens (tertiary/aromatic N) is 1. The lowest BCUT2D eigenvalue weighted by atomic mass is 10.1. The van der Waals surface area contributed by atoms with Gasteiger partial charge in [0.2, 0.25) is 0 Å². The fraction of sp³-hybridized carbons (Fsp3) is 0.167. The van der Waals surface area contributed by atoms with Crippen LogP contribution >= 0.6 is 0 Å². The number of phenolic OH excluding ortho intramolecular Hbond substituents is 1. The zero-order valence-corrected chi connectivity index (χ0v) is 8.49. The lowest BCUT2D eigenvalue weighted by Gasteiger charge is -2.17. The van der Waals surface area contributed by atoms with Crippen molar-refractivity contribution in [1.82, 2.24) is 9.88 Å². The van der Waals surface area contributed by atoms with E-state index in [1.807, 2.05) is 19.2 Å². The minimum Gasteiger partial charge on any atom is -0.506 e. The van der Waals surface area contributed by atoms with Gasteiger partial charge in [-0.05, 0) is 18.3 Å². The van der Waals surface area contributed by atoms with Gasteiger partial charge in [-0.25, -0.2) is 0 Å². The van der Waals surface area contributed by atoms with Gasteiger partial charge in [-0.2, -0.15) is 0 Å². The molecule has 0 aliphatic carbocycles. The van der Waals surface area contributed by atoms with Crippen molar-refractivity contribution in [2.75, 3.05) is 7.05 Å². The molecule has 0 amide bonds. The first kappa shape index (κ1) is 8.41. The number of para-hydroxylation sites is 1. The summed E-state index contributed by atoms with van der Waals surface area (Å²) in [6.45, 7) is 0.861. The number of hydrogen-bond donors (Lipinski definition) is 2. The maximum Gasteiger partial charge on any atom is 0.139 e. The first-order valence-electron chi connectivity index (χ1n) is 4.96. The first-order chi connectivity index (χ1) is 7.25. The second kappa shape index (κ2) is 2.79. The third-order valence-corrected chi connectivity index (χ3v) is 2.84. The number of phenols is 1. The number of H-pyrrole nitrogens is 1. The van der Waals surface area contributed by atoms with Crippen LogP contribution in [-0.2, 0) is 6.54 Å². The standard InChI is InChI=1S/C12H12N2O/c1-14-6-5-8-9-3-2-4-11(15)12(9)13-10(8)7-14/h2-6,13,15H,7H2,1H3. The number of rotatable bonds is 0. The van der Waals surface area contributed by atoms with Gasteiger partial charge in [0.15, 0.2) is 0 Å². The number of fused-ring (bicyclic) bond motifs is 3. The van der Waals surface area contributed by atoms with E-state index in [4.69, 9.17) is 0 Å². The molecule has 0 saturated heterocycles. The van der Waals surface area contributed by atoms with Crippen LogP contribution in [-0.4, -0.2) is 22.0 Å². The van der Waals surface area contributed by atoms with Crippen LogP contribution in [0.4, 0.5) is 0 Å². The predicted octanol–water partition coefficient (Wildman–Crippen LogP) is 2.29. The highest BCUT2D eigenvalue weighted by molar-refractivity contribution is 5.94. The van der Waals surface area contributed by atoms with Crippen LogP contribution in [0.1, 0.15) is 11.3 Å². The molecular weight excluding hydrogens is 188 g/mol. The summed E-state index contributed by atoms with van der Waals surface area (Å²) in [5.41, 5.74) is 3.19. The monoisotopic (exact) mass is 200 g/mol. The first-order valence-corrected chi connectivity index (χ1v) is 4.96. The van der Waals surface area contributed by atoms with Gasteiger partial charge < -0.3 is 15.0 Å². The number of aromatic amines is 1. The Labute approximate surface area is 87.6 Å². The van der Waals surface area contributed by atoms with Crippen molar-refractivity contribution in [3.05, 3.63) is 35.7 Å². The Morgan fingerprint density at radius 2 is 2.27 bits per heavy atom. The fourth-order valence-corrected chi connectivity index (χ4v) is 2.10. The molecule has 0 unspecified atom stereocenters. The Balaban J connectivity index is 2.34. The summed E-state index contributed by atoms with van der Waals surface area (Å²) in [7, 11) is 2.03. The lowest BCUT2D eigenvalue weighted by Crippen LogP contribution is -2.13. The van der Waals surface area contributed by atoms with Crippen molar-refractivity contribution in [3.8, 4) is 5.75 Å². The highest BCUT2D eigenvalue weighted by Crippen LogP contribution is 2.32. The Kier molecular flexibility index (Phi) is 1.57. The molecule has 2 aromatic rings. The van der Waals surface area contributed by atoms with Crippen LogP contribution < -0.4 is 0 Å². The van der Waals surface area contributed by atoms with Crippen LogP contribution in [0, 0.1) is 0 Å². The molecule has 0 fully saturated rings. The van der Waals surface area contributed by atoms with Gasteiger partial charge in [-0.15, -0.1) is 0 Å². The van der Waals surface area contributed by atoms with Crippen LogP contribution in [0.2, 0.25) is 0 Å². The number of benzene rings is 1. The Morgan fingerprint density at radius 1 is 1.40 bits per heavy atom. The second-order valence-electron chi connectivity index (χ2n) is 3.95. The van der Waals surface area contributed by atoms with Crippen LogP contribution in [0.5, 0.6) is 5.75 Å². The Hall–Kier alpha value is -1.90. The fourth-order valence-electron chi connectivity index (χ4n) is 2.10. The summed E-state index contributed by atoms with van der Waals surface area (Å²) < 4.78 is 0. The molecule has 0 radical (unpaired) electrons. The normalized spacial score (nSPS) is 14.6. The van der Waals surface area contributed by atoms with Gasteiger partial charge in [0.05, 0.1) is 12.1 Å². The third-order valence-electron chi connectivity index (χ3n) is 2.84. The molecule has 0 bridgehead atoms. The lowest BCUT2D eigenvalue weighted by molar-refractivity contribution is 0.442. The Bertz CT molecular complexity index is 554. The molecule has 3 nitrogen and oxygen atoms in total. The van der Waals surface area contributed by atoms with E-state index in [0.29, 0.717) is 5.75 Å². The van der Waals surface area contributed by atoms with E-state index >= 15 is 0 Å². The van der Waals surface area contributed by atoms with Gasteiger partial charge in [-0.1, -0.05) is 12.1 Å². The number of aromatic hydroxyl groups is 1. The van der Waals surface area contributed by atoms with Crippen LogP contribution in [0.25, 0.3) is 17.0 Å². The van der Waals surface area contributed by atoms with Gasteiger partial charge in [-0.3, -0.25) is 0 Å². The molecule has 1 aromatic carbocycles. The van der Waals surface area contributed by atoms with E-state index < -0.39 is 0 Å². The van der Waals surface area contributed by atoms with Gasteiger partial charge in [0.25, 0.3) is 0 Å². The number of nitrogens with one attached hydrogen (secondary N) is 1. The quantitative estimate of drug-likeness (QED) is 0.684. The molecule has 3 heteroatoms. The van der Waals surface area contributed by atoms with Crippen molar-refractivity contribution >= 4 is 17.0 Å². The molecular formula is C12H12N2O. The molecule has 1 aliphatic rings. The number of aromatic nitrogens is 1. The predicted molar refractivity (Wildman–Crippen MR) is 60.5 cm³/mol. The van der Waals surface area contributed by atoms with E-state index in [0.717, 1.165) is 23.1 Å². The summed E-state index contributed by atoms with van der Waals surface area (Å²) in [5, 5.41) is 10.8. The highest BCUT2D eigenvalue weighted by Gasteiger charge is 2.15. The molecule has 0 spiro atoms. The van der Waals surface area contributed by atoms with Gasteiger partial charge >= 0.3 is 0 Å². The minimum atomic E-state index is 0.318. The molecule has 76 valence electrons. The largest absolute Gasteiger partial charge is 0.506 e. The van der Waals surface area contributed by atoms with Crippen molar-refractivity contribution in [1.29, 1.82) is 0 Å². The smallest absolute Gasteiger partial charge is 0.139 e. The van der Waals surface area contributed by atoms with Crippen LogP contribution in [0.3, 0.4) is 0 Å². The third kappa shape index (κ3) is 1.13. The highest BCUT2D eigenvalue weighted by atomic mass is 16.3. The van der Waals surface area contributed by atoms with Crippen molar-refractivity contribution < 1.29 is 5.11 Å². The van der Waals surface area contributed by atoms with Gasteiger partial charge in [0.1, 0.15) is 5.75 Å². The van der Waals surface area contributed by atoms with E-state index in [2.05, 4.69) is 22.2 Å². The molecule has 1 aliphatic heterocycles. The molecule has 3 rings (SSSR count). The van der Waals surface area contributed by atoms with E-state index in [1.165, 1.54) is 5.56 Å². The summed E-state index contributed by atoms with van der Waals surface area (Å²) in [6.07, 6.45) is 4.14. The molecule has 0 saturated carbocycles. The molecule has 2 heterocycles. The maximum absolute atomic E-state index is 9.72. The summed E-state index contributed by atoms with van der Waals surface area (Å²) in [5.74, 6) is 0.318. The maximum atomic E-state index is 9.72. The minimum absolute atomic E-state index is 0.318. The summed E-state index contributed by atoms with van der Waals surface area (Å²) in [6, 6.07) is 5.61. The van der Waals surface area contributed by atoms with E-state index in [1.54, 1.807) is 6.07 Å². The van der Waals surface area contributed by atoms with E-state index in [9.17, 15) is 5.11 Å². The average Bonchev–Trinajstić information content (AvgIpc) is 2.57. The number of hydrogen-bond acceptors (Lipinski definition) is 2. The SMILES string of the molecule is CN1C=Cc2c([nH]c3c(O)cccc23)C1. The molecule has 15 heavy (non-hydrogen) atoms. The topological polar surface area (TPSA) is 39.3 Å². The van der Waals surface area contributed by atoms with Crippen molar-refractivity contribution in [2.45, 2.75) is 6.54 Å². The molecule has 2 N–H and O–H groups in total. The molecule has 1 aromatic heterocycles. The van der Waals surface area contributed by atoms with Gasteiger partial charge in [0, 0.05) is 23.7 Å².